The maximum Gasteiger partial charge on any atom is 0.171 e. The molecular formula is C14H12F2N2O2S. The lowest BCUT2D eigenvalue weighted by Crippen LogP contribution is -2.14. The third-order valence-corrected chi connectivity index (χ3v) is 3.78. The summed E-state index contributed by atoms with van der Waals surface area (Å²) in [7, 11) is 1.48. The number of halogens is 2. The summed E-state index contributed by atoms with van der Waals surface area (Å²) in [5.41, 5.74) is 5.98. The Hall–Kier alpha value is -2.28. The van der Waals surface area contributed by atoms with E-state index < -0.39 is 11.6 Å². The van der Waals surface area contributed by atoms with E-state index in [9.17, 15) is 8.78 Å². The first-order valence-corrected chi connectivity index (χ1v) is 6.65. The molecule has 3 N–H and O–H groups in total. The van der Waals surface area contributed by atoms with Crippen molar-refractivity contribution in [3.63, 3.8) is 0 Å². The fraction of sp³-hybridized carbons (Fsp3) is 0.0714. The van der Waals surface area contributed by atoms with Crippen LogP contribution in [0, 0.1) is 11.6 Å². The summed E-state index contributed by atoms with van der Waals surface area (Å²) < 4.78 is 32.0. The monoisotopic (exact) mass is 310 g/mol. The number of nitrogens with zero attached hydrogens (tertiary/aromatic N) is 1. The zero-order chi connectivity index (χ0) is 15.4. The van der Waals surface area contributed by atoms with Crippen LogP contribution in [0.5, 0.6) is 5.75 Å². The molecule has 0 saturated heterocycles. The molecule has 21 heavy (non-hydrogen) atoms. The smallest absolute Gasteiger partial charge is 0.171 e. The predicted octanol–water partition coefficient (Wildman–Crippen LogP) is 3.22. The van der Waals surface area contributed by atoms with E-state index in [2.05, 4.69) is 5.16 Å². The van der Waals surface area contributed by atoms with Crippen molar-refractivity contribution in [1.29, 1.82) is 0 Å². The van der Waals surface area contributed by atoms with Crippen molar-refractivity contribution < 1.29 is 18.7 Å². The minimum Gasteiger partial charge on any atom is -0.497 e. The number of benzene rings is 2. The van der Waals surface area contributed by atoms with Gasteiger partial charge in [0.2, 0.25) is 0 Å². The zero-order valence-electron chi connectivity index (χ0n) is 11.0. The van der Waals surface area contributed by atoms with Gasteiger partial charge in [-0.1, -0.05) is 16.9 Å². The molecule has 110 valence electrons. The Balaban J connectivity index is 2.48. The van der Waals surface area contributed by atoms with E-state index in [0.717, 1.165) is 30.0 Å². The Morgan fingerprint density at radius 1 is 1.19 bits per heavy atom. The van der Waals surface area contributed by atoms with Gasteiger partial charge in [0, 0.05) is 10.5 Å². The first kappa shape index (κ1) is 15.1. The van der Waals surface area contributed by atoms with E-state index in [-0.39, 0.29) is 10.7 Å². The summed E-state index contributed by atoms with van der Waals surface area (Å²) >= 11 is 0.961. The lowest BCUT2D eigenvalue weighted by molar-refractivity contribution is 0.318. The Morgan fingerprint density at radius 3 is 2.62 bits per heavy atom. The van der Waals surface area contributed by atoms with Crippen LogP contribution in [0.2, 0.25) is 0 Å². The van der Waals surface area contributed by atoms with Crippen LogP contribution in [0.25, 0.3) is 0 Å². The SMILES string of the molecule is COc1ccc(/C(N)=N/O)c(Sc2cc(F)ccc2F)c1. The summed E-state index contributed by atoms with van der Waals surface area (Å²) in [6, 6.07) is 7.96. The van der Waals surface area contributed by atoms with Gasteiger partial charge >= 0.3 is 0 Å². The number of hydrogen-bond donors (Lipinski definition) is 2. The zero-order valence-corrected chi connectivity index (χ0v) is 11.8. The first-order valence-electron chi connectivity index (χ1n) is 5.84. The van der Waals surface area contributed by atoms with E-state index in [1.807, 2.05) is 0 Å². The maximum atomic E-state index is 13.7. The highest BCUT2D eigenvalue weighted by molar-refractivity contribution is 7.99. The predicted molar refractivity (Wildman–Crippen MR) is 76.0 cm³/mol. The maximum absolute atomic E-state index is 13.7. The van der Waals surface area contributed by atoms with Gasteiger partial charge in [0.05, 0.1) is 12.0 Å². The van der Waals surface area contributed by atoms with Crippen molar-refractivity contribution in [3.8, 4) is 5.75 Å². The molecule has 2 aromatic rings. The lowest BCUT2D eigenvalue weighted by atomic mass is 10.2. The molecule has 0 saturated carbocycles. The van der Waals surface area contributed by atoms with Crippen molar-refractivity contribution in [1.82, 2.24) is 0 Å². The van der Waals surface area contributed by atoms with Crippen LogP contribution in [0.4, 0.5) is 8.78 Å². The number of amidine groups is 1. The summed E-state index contributed by atoms with van der Waals surface area (Å²) in [6.45, 7) is 0. The third-order valence-electron chi connectivity index (χ3n) is 2.69. The van der Waals surface area contributed by atoms with Crippen LogP contribution < -0.4 is 10.5 Å². The average Bonchev–Trinajstić information content (AvgIpc) is 2.50. The molecule has 0 aliphatic rings. The molecule has 0 atom stereocenters. The number of ether oxygens (including phenoxy) is 1. The molecule has 0 fully saturated rings. The standard InChI is InChI=1S/C14H12F2N2O2S/c1-20-9-3-4-10(14(17)18-19)12(7-9)21-13-6-8(15)2-5-11(13)16/h2-7,19H,1H3,(H2,17,18). The Morgan fingerprint density at radius 2 is 1.95 bits per heavy atom. The second-order valence-electron chi connectivity index (χ2n) is 4.02. The largest absolute Gasteiger partial charge is 0.497 e. The molecule has 0 unspecified atom stereocenters. The highest BCUT2D eigenvalue weighted by Gasteiger charge is 2.13. The normalized spacial score (nSPS) is 11.5. The number of nitrogens with two attached hydrogens (primary N) is 1. The van der Waals surface area contributed by atoms with Gasteiger partial charge in [-0.25, -0.2) is 8.78 Å². The van der Waals surface area contributed by atoms with Crippen LogP contribution in [0.1, 0.15) is 5.56 Å². The van der Waals surface area contributed by atoms with Gasteiger partial charge < -0.3 is 15.7 Å². The van der Waals surface area contributed by atoms with Gasteiger partial charge in [-0.05, 0) is 36.4 Å². The molecule has 0 aliphatic carbocycles. The van der Waals surface area contributed by atoms with E-state index >= 15 is 0 Å². The molecular weight excluding hydrogens is 298 g/mol. The highest BCUT2D eigenvalue weighted by atomic mass is 32.2. The summed E-state index contributed by atoms with van der Waals surface area (Å²) in [5, 5.41) is 11.7. The van der Waals surface area contributed by atoms with Crippen LogP contribution in [0.15, 0.2) is 51.3 Å². The molecule has 0 amide bonds. The van der Waals surface area contributed by atoms with Gasteiger partial charge in [0.25, 0.3) is 0 Å². The van der Waals surface area contributed by atoms with Gasteiger partial charge in [0.15, 0.2) is 5.84 Å². The van der Waals surface area contributed by atoms with Gasteiger partial charge in [0.1, 0.15) is 17.4 Å². The van der Waals surface area contributed by atoms with E-state index in [1.165, 1.54) is 7.11 Å². The Bertz CT molecular complexity index is 693. The van der Waals surface area contributed by atoms with E-state index in [0.29, 0.717) is 16.2 Å². The minimum atomic E-state index is -0.560. The minimum absolute atomic E-state index is 0.0928. The third kappa shape index (κ3) is 3.43. The van der Waals surface area contributed by atoms with Crippen LogP contribution in [0.3, 0.4) is 0 Å². The van der Waals surface area contributed by atoms with Crippen LogP contribution in [-0.2, 0) is 0 Å². The number of hydrogen-bond acceptors (Lipinski definition) is 4. The number of oxime groups is 1. The molecule has 0 heterocycles. The summed E-state index contributed by atoms with van der Waals surface area (Å²) in [4.78, 5) is 0.574. The fourth-order valence-corrected chi connectivity index (χ4v) is 2.69. The van der Waals surface area contributed by atoms with Crippen LogP contribution >= 0.6 is 11.8 Å². The van der Waals surface area contributed by atoms with Crippen molar-refractivity contribution in [2.45, 2.75) is 9.79 Å². The molecule has 0 bridgehead atoms. The second-order valence-corrected chi connectivity index (χ2v) is 5.11. The molecule has 2 rings (SSSR count). The van der Waals surface area contributed by atoms with Crippen molar-refractivity contribution in [2.24, 2.45) is 10.9 Å². The highest BCUT2D eigenvalue weighted by Crippen LogP contribution is 2.34. The molecule has 2 aromatic carbocycles. The molecule has 7 heteroatoms. The topological polar surface area (TPSA) is 67.8 Å². The lowest BCUT2D eigenvalue weighted by Gasteiger charge is -2.10. The molecule has 0 spiro atoms. The van der Waals surface area contributed by atoms with Crippen LogP contribution in [-0.4, -0.2) is 18.2 Å². The van der Waals surface area contributed by atoms with E-state index in [4.69, 9.17) is 15.7 Å². The Kier molecular flexibility index (Phi) is 4.64. The van der Waals surface area contributed by atoms with Gasteiger partial charge in [-0.15, -0.1) is 0 Å². The van der Waals surface area contributed by atoms with Crippen molar-refractivity contribution >= 4 is 17.6 Å². The summed E-state index contributed by atoms with van der Waals surface area (Å²) in [6.07, 6.45) is 0. The van der Waals surface area contributed by atoms with Gasteiger partial charge in [-0.2, -0.15) is 0 Å². The van der Waals surface area contributed by atoms with Gasteiger partial charge in [-0.3, -0.25) is 0 Å². The molecule has 0 aromatic heterocycles. The van der Waals surface area contributed by atoms with Crippen molar-refractivity contribution in [2.75, 3.05) is 7.11 Å². The summed E-state index contributed by atoms with van der Waals surface area (Å²) in [5.74, 6) is -0.720. The molecule has 0 radical (unpaired) electrons. The molecule has 0 aliphatic heterocycles. The molecule has 4 nitrogen and oxygen atoms in total. The average molecular weight is 310 g/mol. The second kappa shape index (κ2) is 6.45. The quantitative estimate of drug-likeness (QED) is 0.394. The van der Waals surface area contributed by atoms with E-state index in [1.54, 1.807) is 18.2 Å². The van der Waals surface area contributed by atoms with Crippen molar-refractivity contribution in [3.05, 3.63) is 53.6 Å². The number of rotatable bonds is 4. The first-order chi connectivity index (χ1) is 10.0. The Labute approximate surface area is 124 Å². The fourth-order valence-electron chi connectivity index (χ4n) is 1.65. The number of methoxy groups -OCH3 is 1.